The van der Waals surface area contributed by atoms with Crippen LogP contribution in [0.2, 0.25) is 0 Å². The summed E-state index contributed by atoms with van der Waals surface area (Å²) in [4.78, 5) is 0. The van der Waals surface area contributed by atoms with E-state index in [1.807, 2.05) is 12.2 Å². The van der Waals surface area contributed by atoms with Gasteiger partial charge in [0.1, 0.15) is 0 Å². The van der Waals surface area contributed by atoms with Crippen molar-refractivity contribution in [2.75, 3.05) is 0 Å². The fraction of sp³-hybridized carbons (Fsp3) is 0.571. The van der Waals surface area contributed by atoms with Crippen LogP contribution in [0.25, 0.3) is 0 Å². The average molecular weight is 196 g/mol. The highest BCUT2D eigenvalue weighted by molar-refractivity contribution is 4.82. The smallest absolute Gasteiger partial charge is 0.0206 e. The second kappa shape index (κ2) is 8.80. The van der Waals surface area contributed by atoms with Crippen molar-refractivity contribution in [1.82, 2.24) is 0 Å². The maximum atomic E-state index is 3.63. The maximum Gasteiger partial charge on any atom is -0.0206 e. The van der Waals surface area contributed by atoms with Crippen molar-refractivity contribution in [2.24, 2.45) is 10.8 Å². The van der Waals surface area contributed by atoms with Gasteiger partial charge in [0.05, 0.1) is 0 Å². The van der Waals surface area contributed by atoms with E-state index >= 15 is 0 Å². The Morgan fingerprint density at radius 2 is 0.714 bits per heavy atom. The number of hydrogen-bond donors (Lipinski definition) is 0. The Labute approximate surface area is 91.4 Å². The Morgan fingerprint density at radius 1 is 0.643 bits per heavy atom. The monoisotopic (exact) mass is 196 g/mol. The van der Waals surface area contributed by atoms with Gasteiger partial charge in [0.2, 0.25) is 0 Å². The molecule has 0 aliphatic rings. The summed E-state index contributed by atoms with van der Waals surface area (Å²) in [6, 6.07) is 0. The predicted molar refractivity (Wildman–Crippen MR) is 70.6 cm³/mol. The quantitative estimate of drug-likeness (QED) is 0.465. The van der Waals surface area contributed by atoms with Crippen molar-refractivity contribution < 1.29 is 0 Å². The van der Waals surface area contributed by atoms with Gasteiger partial charge in [-0.25, -0.2) is 0 Å². The molecule has 0 N–H and O–H groups in total. The molecule has 0 amide bonds. The van der Waals surface area contributed by atoms with Gasteiger partial charge in [-0.2, -0.15) is 0 Å². The molecular formula is C14H28. The first-order valence-electron chi connectivity index (χ1n) is 4.89. The second-order valence-electron chi connectivity index (χ2n) is 5.14. The van der Waals surface area contributed by atoms with Crippen LogP contribution in [0.3, 0.4) is 0 Å². The highest BCUT2D eigenvalue weighted by Crippen LogP contribution is 2.12. The maximum absolute atomic E-state index is 3.63. The summed E-state index contributed by atoms with van der Waals surface area (Å²) in [5.74, 6) is 0. The molecule has 0 aliphatic heterocycles. The molecule has 0 aromatic heterocycles. The van der Waals surface area contributed by atoms with Crippen molar-refractivity contribution >= 4 is 0 Å². The highest BCUT2D eigenvalue weighted by atomic mass is 14.1. The first-order valence-corrected chi connectivity index (χ1v) is 4.89. The average Bonchev–Trinajstić information content (AvgIpc) is 2.07. The van der Waals surface area contributed by atoms with Gasteiger partial charge >= 0.3 is 0 Å². The van der Waals surface area contributed by atoms with Gasteiger partial charge in [-0.15, -0.1) is 26.3 Å². The molecule has 0 saturated carbocycles. The van der Waals surface area contributed by atoms with E-state index in [1.165, 1.54) is 0 Å². The van der Waals surface area contributed by atoms with E-state index in [9.17, 15) is 0 Å². The van der Waals surface area contributed by atoms with Crippen LogP contribution in [0, 0.1) is 10.8 Å². The molecule has 0 aromatic carbocycles. The van der Waals surface area contributed by atoms with Gasteiger partial charge in [0.25, 0.3) is 0 Å². The number of allylic oxidation sites excluding steroid dienone is 2. The Morgan fingerprint density at radius 3 is 0.714 bits per heavy atom. The first kappa shape index (κ1) is 18.9. The minimum atomic E-state index is 0.306. The third-order valence-electron chi connectivity index (χ3n) is 1.22. The molecule has 0 saturated heterocycles. The summed E-state index contributed by atoms with van der Waals surface area (Å²) < 4.78 is 0. The van der Waals surface area contributed by atoms with Crippen LogP contribution < -0.4 is 0 Å². The zero-order valence-electron chi connectivity index (χ0n) is 11.0. The highest BCUT2D eigenvalue weighted by Gasteiger charge is 2.00. The van der Waals surface area contributed by atoms with E-state index in [0.717, 1.165) is 0 Å². The molecule has 14 heavy (non-hydrogen) atoms. The van der Waals surface area contributed by atoms with Crippen molar-refractivity contribution in [3.05, 3.63) is 38.5 Å². The molecular weight excluding hydrogens is 168 g/mol. The zero-order chi connectivity index (χ0) is 12.4. The Kier molecular flexibility index (Phi) is 11.9. The van der Waals surface area contributed by atoms with E-state index in [4.69, 9.17) is 0 Å². The third-order valence-corrected chi connectivity index (χ3v) is 1.22. The van der Waals surface area contributed by atoms with Gasteiger partial charge in [-0.1, -0.05) is 53.7 Å². The lowest BCUT2D eigenvalue weighted by molar-refractivity contribution is 0.545. The third kappa shape index (κ3) is 43.0. The van der Waals surface area contributed by atoms with E-state index < -0.39 is 0 Å². The molecule has 0 rings (SSSR count). The van der Waals surface area contributed by atoms with Crippen LogP contribution in [0.4, 0.5) is 0 Å². The lowest BCUT2D eigenvalue weighted by atomic mass is 9.98. The lowest BCUT2D eigenvalue weighted by Gasteiger charge is -2.08. The molecule has 84 valence electrons. The number of hydrogen-bond acceptors (Lipinski definition) is 0. The molecule has 0 heterocycles. The van der Waals surface area contributed by atoms with Crippen molar-refractivity contribution in [3.8, 4) is 0 Å². The molecule has 0 unspecified atom stereocenters. The molecule has 0 nitrogen and oxygen atoms in total. The summed E-state index contributed by atoms with van der Waals surface area (Å²) >= 11 is 0. The summed E-state index contributed by atoms with van der Waals surface area (Å²) in [5.41, 5.74) is 0.611. The van der Waals surface area contributed by atoms with Gasteiger partial charge < -0.3 is 0 Å². The Balaban J connectivity index is -0.000000147. The van der Waals surface area contributed by atoms with E-state index in [-0.39, 0.29) is 0 Å². The fourth-order valence-corrected chi connectivity index (χ4v) is 0. The zero-order valence-corrected chi connectivity index (χ0v) is 11.0. The van der Waals surface area contributed by atoms with Crippen LogP contribution in [0.15, 0.2) is 38.5 Å². The first-order chi connectivity index (χ1) is 6.12. The molecule has 0 atom stereocenters. The summed E-state index contributed by atoms with van der Waals surface area (Å²) in [5, 5.41) is 0. The fourth-order valence-electron chi connectivity index (χ4n) is 0. The van der Waals surface area contributed by atoms with Crippen molar-refractivity contribution in [3.63, 3.8) is 0 Å². The van der Waals surface area contributed by atoms with Crippen molar-refractivity contribution in [1.29, 1.82) is 0 Å². The Bertz CT molecular complexity index is 120. The van der Waals surface area contributed by atoms with Crippen LogP contribution >= 0.6 is 0 Å². The molecule has 0 bridgehead atoms. The van der Waals surface area contributed by atoms with Crippen LogP contribution in [-0.2, 0) is 0 Å². The minimum absolute atomic E-state index is 0.306. The summed E-state index contributed by atoms with van der Waals surface area (Å²) in [7, 11) is 0. The topological polar surface area (TPSA) is 0 Å². The predicted octanol–water partition coefficient (Wildman–Crippen LogP) is 5.24. The number of rotatable bonds is 0. The van der Waals surface area contributed by atoms with Gasteiger partial charge in [-0.05, 0) is 10.8 Å². The SMILES string of the molecule is C=C.C=CC(C)(C)C.C=CC(C)(C)C. The van der Waals surface area contributed by atoms with E-state index in [1.54, 1.807) is 0 Å². The Hall–Kier alpha value is -0.780. The van der Waals surface area contributed by atoms with Gasteiger partial charge in [0.15, 0.2) is 0 Å². The van der Waals surface area contributed by atoms with Crippen LogP contribution in [0.5, 0.6) is 0 Å². The van der Waals surface area contributed by atoms with Crippen molar-refractivity contribution in [2.45, 2.75) is 41.5 Å². The molecule has 0 radical (unpaired) electrons. The second-order valence-corrected chi connectivity index (χ2v) is 5.14. The van der Waals surface area contributed by atoms with Gasteiger partial charge in [-0.3, -0.25) is 0 Å². The molecule has 0 aromatic rings. The molecule has 0 fully saturated rings. The van der Waals surface area contributed by atoms with Crippen LogP contribution in [-0.4, -0.2) is 0 Å². The standard InChI is InChI=1S/2C6H12.C2H4/c2*1-5-6(2,3)4;1-2/h2*5H,1H2,2-4H3;1-2H2. The van der Waals surface area contributed by atoms with E-state index in [2.05, 4.69) is 67.9 Å². The largest absolute Gasteiger partial charge is 0.106 e. The normalized spacial score (nSPS) is 9.86. The molecule has 0 aliphatic carbocycles. The summed E-state index contributed by atoms with van der Waals surface area (Å²) in [6.45, 7) is 26.0. The summed E-state index contributed by atoms with van der Waals surface area (Å²) in [6.07, 6.45) is 3.88. The molecule has 0 spiro atoms. The lowest BCUT2D eigenvalue weighted by Crippen LogP contribution is -1.96. The van der Waals surface area contributed by atoms with E-state index in [0.29, 0.717) is 10.8 Å². The molecule has 0 heteroatoms. The van der Waals surface area contributed by atoms with Gasteiger partial charge in [0, 0.05) is 0 Å². The minimum Gasteiger partial charge on any atom is -0.106 e. The van der Waals surface area contributed by atoms with Crippen LogP contribution in [0.1, 0.15) is 41.5 Å².